The van der Waals surface area contributed by atoms with Crippen LogP contribution in [0.25, 0.3) is 0 Å². The van der Waals surface area contributed by atoms with Crippen LogP contribution in [0.3, 0.4) is 0 Å². The topological polar surface area (TPSA) is 15.3 Å². The largest absolute Gasteiger partial charge is 0.315 e. The lowest BCUT2D eigenvalue weighted by molar-refractivity contribution is 0.228. The summed E-state index contributed by atoms with van der Waals surface area (Å²) in [7, 11) is 0. The van der Waals surface area contributed by atoms with Crippen LogP contribution in [0.1, 0.15) is 30.4 Å². The third kappa shape index (κ3) is 3.58. The van der Waals surface area contributed by atoms with E-state index in [0.717, 1.165) is 12.5 Å². The molecule has 3 rings (SSSR count). The van der Waals surface area contributed by atoms with Crippen molar-refractivity contribution < 1.29 is 0 Å². The molecule has 1 aliphatic carbocycles. The van der Waals surface area contributed by atoms with E-state index in [2.05, 4.69) is 34.5 Å². The second kappa shape index (κ2) is 6.53. The van der Waals surface area contributed by atoms with Gasteiger partial charge in [-0.1, -0.05) is 30.7 Å². The van der Waals surface area contributed by atoms with Gasteiger partial charge in [0, 0.05) is 13.1 Å². The summed E-state index contributed by atoms with van der Waals surface area (Å²) in [6, 6.07) is 8.93. The first-order valence-electron chi connectivity index (χ1n) is 7.91. The average molecular weight is 258 g/mol. The molecular weight excluding hydrogens is 232 g/mol. The number of hydrogen-bond donors (Lipinski definition) is 1. The summed E-state index contributed by atoms with van der Waals surface area (Å²) in [5.74, 6) is 0.818. The Labute approximate surface area is 117 Å². The number of piperidine rings is 1. The van der Waals surface area contributed by atoms with Crippen molar-refractivity contribution in [2.24, 2.45) is 5.92 Å². The predicted octanol–water partition coefficient (Wildman–Crippen LogP) is 2.48. The van der Waals surface area contributed by atoms with Crippen LogP contribution in [0.2, 0.25) is 0 Å². The first-order valence-corrected chi connectivity index (χ1v) is 7.91. The van der Waals surface area contributed by atoms with Crippen molar-refractivity contribution in [2.75, 3.05) is 32.7 Å². The van der Waals surface area contributed by atoms with Gasteiger partial charge in [0.1, 0.15) is 0 Å². The molecule has 19 heavy (non-hydrogen) atoms. The minimum Gasteiger partial charge on any atom is -0.315 e. The van der Waals surface area contributed by atoms with E-state index >= 15 is 0 Å². The van der Waals surface area contributed by atoms with Crippen molar-refractivity contribution in [3.63, 3.8) is 0 Å². The Morgan fingerprint density at radius 2 is 1.68 bits per heavy atom. The zero-order valence-corrected chi connectivity index (χ0v) is 11.9. The van der Waals surface area contributed by atoms with Gasteiger partial charge < -0.3 is 10.2 Å². The highest BCUT2D eigenvalue weighted by molar-refractivity contribution is 5.32. The predicted molar refractivity (Wildman–Crippen MR) is 80.5 cm³/mol. The maximum atomic E-state index is 3.67. The maximum absolute atomic E-state index is 3.67. The van der Waals surface area contributed by atoms with E-state index in [1.54, 1.807) is 11.1 Å². The van der Waals surface area contributed by atoms with Gasteiger partial charge >= 0.3 is 0 Å². The Bertz CT molecular complexity index is 371. The molecule has 1 aromatic carbocycles. The Hall–Kier alpha value is -0.860. The summed E-state index contributed by atoms with van der Waals surface area (Å²) in [4.78, 5) is 2.61. The van der Waals surface area contributed by atoms with E-state index in [1.165, 1.54) is 58.3 Å². The lowest BCUT2D eigenvalue weighted by Gasteiger charge is -2.26. The number of fused-ring (bicyclic) bond motifs is 1. The number of benzene rings is 1. The van der Waals surface area contributed by atoms with E-state index in [0.29, 0.717) is 0 Å². The SMILES string of the molecule is c1ccc2c(c1)CC(CNCCN1CCCCC1)C2. The van der Waals surface area contributed by atoms with Gasteiger partial charge in [-0.05, 0) is 62.4 Å². The molecule has 0 unspecified atom stereocenters. The van der Waals surface area contributed by atoms with Crippen LogP contribution in [0, 0.1) is 5.92 Å². The summed E-state index contributed by atoms with van der Waals surface area (Å²) in [5, 5.41) is 3.67. The van der Waals surface area contributed by atoms with E-state index in [4.69, 9.17) is 0 Å². The normalized spacial score (nSPS) is 20.6. The van der Waals surface area contributed by atoms with Gasteiger partial charge in [-0.2, -0.15) is 0 Å². The third-order valence-corrected chi connectivity index (χ3v) is 4.62. The Morgan fingerprint density at radius 1 is 1.00 bits per heavy atom. The minimum atomic E-state index is 0.818. The van der Waals surface area contributed by atoms with Gasteiger partial charge in [0.15, 0.2) is 0 Å². The molecule has 0 spiro atoms. The molecule has 1 N–H and O–H groups in total. The van der Waals surface area contributed by atoms with E-state index in [9.17, 15) is 0 Å². The fourth-order valence-electron chi connectivity index (χ4n) is 3.52. The van der Waals surface area contributed by atoms with Crippen molar-refractivity contribution in [2.45, 2.75) is 32.1 Å². The highest BCUT2D eigenvalue weighted by atomic mass is 15.1. The van der Waals surface area contributed by atoms with Crippen molar-refractivity contribution >= 4 is 0 Å². The molecule has 0 amide bonds. The van der Waals surface area contributed by atoms with Gasteiger partial charge in [0.05, 0.1) is 0 Å². The number of rotatable bonds is 5. The molecular formula is C17H26N2. The summed E-state index contributed by atoms with van der Waals surface area (Å²) in [6.45, 7) is 6.21. The van der Waals surface area contributed by atoms with Crippen LogP contribution in [0.5, 0.6) is 0 Å². The summed E-state index contributed by atoms with van der Waals surface area (Å²) < 4.78 is 0. The Kier molecular flexibility index (Phi) is 4.52. The fourth-order valence-corrected chi connectivity index (χ4v) is 3.52. The van der Waals surface area contributed by atoms with Gasteiger partial charge in [-0.15, -0.1) is 0 Å². The van der Waals surface area contributed by atoms with Crippen LogP contribution < -0.4 is 5.32 Å². The molecule has 2 heteroatoms. The van der Waals surface area contributed by atoms with Crippen LogP contribution in [-0.4, -0.2) is 37.6 Å². The zero-order chi connectivity index (χ0) is 12.9. The Balaban J connectivity index is 1.33. The smallest absolute Gasteiger partial charge is 0.0107 e. The molecule has 0 atom stereocenters. The van der Waals surface area contributed by atoms with Crippen molar-refractivity contribution in [1.82, 2.24) is 10.2 Å². The van der Waals surface area contributed by atoms with Crippen LogP contribution in [-0.2, 0) is 12.8 Å². The highest BCUT2D eigenvalue weighted by Crippen LogP contribution is 2.25. The van der Waals surface area contributed by atoms with Gasteiger partial charge in [-0.25, -0.2) is 0 Å². The molecule has 0 aromatic heterocycles. The second-order valence-electron chi connectivity index (χ2n) is 6.15. The van der Waals surface area contributed by atoms with Gasteiger partial charge in [0.2, 0.25) is 0 Å². The molecule has 1 fully saturated rings. The molecule has 0 bridgehead atoms. The second-order valence-corrected chi connectivity index (χ2v) is 6.15. The van der Waals surface area contributed by atoms with Crippen molar-refractivity contribution in [3.05, 3.63) is 35.4 Å². The third-order valence-electron chi connectivity index (χ3n) is 4.62. The van der Waals surface area contributed by atoms with Crippen molar-refractivity contribution in [3.8, 4) is 0 Å². The fraction of sp³-hybridized carbons (Fsp3) is 0.647. The number of hydrogen-bond acceptors (Lipinski definition) is 2. The van der Waals surface area contributed by atoms with E-state index in [-0.39, 0.29) is 0 Å². The molecule has 2 nitrogen and oxygen atoms in total. The molecule has 2 aliphatic rings. The molecule has 1 saturated heterocycles. The van der Waals surface area contributed by atoms with Crippen LogP contribution in [0.15, 0.2) is 24.3 Å². The lowest BCUT2D eigenvalue weighted by atomic mass is 10.1. The summed E-state index contributed by atoms with van der Waals surface area (Å²) in [5.41, 5.74) is 3.15. The number of nitrogens with one attached hydrogen (secondary N) is 1. The number of likely N-dealkylation sites (tertiary alicyclic amines) is 1. The number of nitrogens with zero attached hydrogens (tertiary/aromatic N) is 1. The minimum absolute atomic E-state index is 0.818. The molecule has 1 aliphatic heterocycles. The van der Waals surface area contributed by atoms with E-state index < -0.39 is 0 Å². The quantitative estimate of drug-likeness (QED) is 0.816. The van der Waals surface area contributed by atoms with Gasteiger partial charge in [-0.3, -0.25) is 0 Å². The molecule has 0 radical (unpaired) electrons. The molecule has 0 saturated carbocycles. The monoisotopic (exact) mass is 258 g/mol. The van der Waals surface area contributed by atoms with E-state index in [1.807, 2.05) is 0 Å². The highest BCUT2D eigenvalue weighted by Gasteiger charge is 2.20. The lowest BCUT2D eigenvalue weighted by Crippen LogP contribution is -2.37. The average Bonchev–Trinajstić information content (AvgIpc) is 2.87. The van der Waals surface area contributed by atoms with Crippen molar-refractivity contribution in [1.29, 1.82) is 0 Å². The summed E-state index contributed by atoms with van der Waals surface area (Å²) in [6.07, 6.45) is 6.78. The first kappa shape index (κ1) is 13.1. The summed E-state index contributed by atoms with van der Waals surface area (Å²) >= 11 is 0. The molecule has 1 aromatic rings. The maximum Gasteiger partial charge on any atom is 0.0107 e. The molecule has 1 heterocycles. The zero-order valence-electron chi connectivity index (χ0n) is 11.9. The van der Waals surface area contributed by atoms with Crippen LogP contribution >= 0.6 is 0 Å². The molecule has 104 valence electrons. The standard InChI is InChI=1S/C17H26N2/c1-4-9-19(10-5-1)11-8-18-14-15-12-16-6-2-3-7-17(16)13-15/h2-3,6-7,15,18H,1,4-5,8-14H2. The van der Waals surface area contributed by atoms with Crippen LogP contribution in [0.4, 0.5) is 0 Å². The first-order chi connectivity index (χ1) is 9.42. The Morgan fingerprint density at radius 3 is 2.37 bits per heavy atom. The van der Waals surface area contributed by atoms with Gasteiger partial charge in [0.25, 0.3) is 0 Å².